The van der Waals surface area contributed by atoms with E-state index >= 15 is 0 Å². The Hall–Kier alpha value is -2.41. The summed E-state index contributed by atoms with van der Waals surface area (Å²) in [7, 11) is 0. The number of carbonyl (C=O) groups excluding carboxylic acids is 3. The monoisotopic (exact) mass is 322 g/mol. The highest BCUT2D eigenvalue weighted by molar-refractivity contribution is 5.82. The quantitative estimate of drug-likeness (QED) is 0.642. The van der Waals surface area contributed by atoms with Crippen LogP contribution < -0.4 is 11.1 Å². The standard InChI is InChI=1S/C16H22N2O5/c1-2-22-15(20)10-18-14(19)9-8-13(17)16(21)23-11-12-6-4-3-5-7-12/h3-7,13H,2,8-11,17H2,1H3,(H,18,19)/t13-/m1/s1. The average molecular weight is 322 g/mol. The van der Waals surface area contributed by atoms with Gasteiger partial charge in [-0.15, -0.1) is 0 Å². The molecule has 1 aromatic rings. The first-order chi connectivity index (χ1) is 11.0. The first kappa shape index (κ1) is 18.6. The molecule has 0 saturated heterocycles. The first-order valence-electron chi connectivity index (χ1n) is 7.41. The van der Waals surface area contributed by atoms with Crippen LogP contribution in [0.5, 0.6) is 0 Å². The predicted octanol–water partition coefficient (Wildman–Crippen LogP) is 0.517. The lowest BCUT2D eigenvalue weighted by Gasteiger charge is -2.11. The molecule has 0 heterocycles. The highest BCUT2D eigenvalue weighted by atomic mass is 16.5. The van der Waals surface area contributed by atoms with E-state index in [1.54, 1.807) is 6.92 Å². The van der Waals surface area contributed by atoms with Crippen LogP contribution in [-0.2, 0) is 30.5 Å². The van der Waals surface area contributed by atoms with Gasteiger partial charge in [-0.2, -0.15) is 0 Å². The number of nitrogens with one attached hydrogen (secondary N) is 1. The van der Waals surface area contributed by atoms with Gasteiger partial charge in [0.15, 0.2) is 0 Å². The Morgan fingerprint density at radius 2 is 1.87 bits per heavy atom. The lowest BCUT2D eigenvalue weighted by molar-refractivity contribution is -0.147. The average Bonchev–Trinajstić information content (AvgIpc) is 2.56. The molecule has 0 aliphatic carbocycles. The molecule has 0 spiro atoms. The molecular weight excluding hydrogens is 300 g/mol. The molecule has 1 aromatic carbocycles. The topological polar surface area (TPSA) is 108 Å². The molecule has 23 heavy (non-hydrogen) atoms. The van der Waals surface area contributed by atoms with Gasteiger partial charge in [-0.05, 0) is 18.9 Å². The zero-order valence-corrected chi connectivity index (χ0v) is 13.1. The minimum Gasteiger partial charge on any atom is -0.465 e. The fraction of sp³-hybridized carbons (Fsp3) is 0.438. The smallest absolute Gasteiger partial charge is 0.325 e. The van der Waals surface area contributed by atoms with Crippen molar-refractivity contribution in [2.45, 2.75) is 32.4 Å². The summed E-state index contributed by atoms with van der Waals surface area (Å²) >= 11 is 0. The third-order valence-corrected chi connectivity index (χ3v) is 2.94. The normalized spacial score (nSPS) is 11.4. The van der Waals surface area contributed by atoms with E-state index in [-0.39, 0.29) is 38.5 Å². The number of hydrogen-bond donors (Lipinski definition) is 2. The summed E-state index contributed by atoms with van der Waals surface area (Å²) < 4.78 is 9.76. The molecule has 0 bridgehead atoms. The molecule has 126 valence electrons. The molecule has 0 aromatic heterocycles. The number of esters is 2. The summed E-state index contributed by atoms with van der Waals surface area (Å²) in [5.41, 5.74) is 6.55. The molecular formula is C16H22N2O5. The van der Waals surface area contributed by atoms with Crippen molar-refractivity contribution in [3.63, 3.8) is 0 Å². The van der Waals surface area contributed by atoms with Crippen LogP contribution in [0.4, 0.5) is 0 Å². The van der Waals surface area contributed by atoms with E-state index in [4.69, 9.17) is 10.5 Å². The van der Waals surface area contributed by atoms with Gasteiger partial charge >= 0.3 is 11.9 Å². The lowest BCUT2D eigenvalue weighted by atomic mass is 10.1. The molecule has 1 rings (SSSR count). The third-order valence-electron chi connectivity index (χ3n) is 2.94. The number of amides is 1. The van der Waals surface area contributed by atoms with Gasteiger partial charge in [0.25, 0.3) is 0 Å². The zero-order valence-electron chi connectivity index (χ0n) is 13.1. The number of nitrogens with two attached hydrogens (primary N) is 1. The van der Waals surface area contributed by atoms with Crippen LogP contribution in [0.25, 0.3) is 0 Å². The van der Waals surface area contributed by atoms with E-state index in [0.29, 0.717) is 0 Å². The van der Waals surface area contributed by atoms with Crippen LogP contribution in [0, 0.1) is 0 Å². The van der Waals surface area contributed by atoms with Crippen LogP contribution in [0.1, 0.15) is 25.3 Å². The van der Waals surface area contributed by atoms with Gasteiger partial charge in [0.05, 0.1) is 6.61 Å². The number of ether oxygens (including phenoxy) is 2. The fourth-order valence-corrected chi connectivity index (χ4v) is 1.71. The van der Waals surface area contributed by atoms with Crippen molar-refractivity contribution in [3.05, 3.63) is 35.9 Å². The molecule has 0 fully saturated rings. The van der Waals surface area contributed by atoms with Gasteiger partial charge in [0, 0.05) is 6.42 Å². The van der Waals surface area contributed by atoms with E-state index in [9.17, 15) is 14.4 Å². The number of carbonyl (C=O) groups is 3. The summed E-state index contributed by atoms with van der Waals surface area (Å²) in [4.78, 5) is 34.3. The van der Waals surface area contributed by atoms with Gasteiger partial charge in [-0.25, -0.2) is 0 Å². The Labute approximate surface area is 135 Å². The second-order valence-corrected chi connectivity index (χ2v) is 4.82. The van der Waals surface area contributed by atoms with E-state index in [1.165, 1.54) is 0 Å². The molecule has 0 aliphatic heterocycles. The minimum absolute atomic E-state index is 0.0288. The summed E-state index contributed by atoms with van der Waals surface area (Å²) in [6.07, 6.45) is 0.170. The van der Waals surface area contributed by atoms with Crippen LogP contribution in [0.2, 0.25) is 0 Å². The van der Waals surface area contributed by atoms with Gasteiger partial charge in [-0.3, -0.25) is 14.4 Å². The Morgan fingerprint density at radius 3 is 2.52 bits per heavy atom. The summed E-state index contributed by atoms with van der Waals surface area (Å²) in [6, 6.07) is 8.34. The van der Waals surface area contributed by atoms with Crippen molar-refractivity contribution in [2.75, 3.05) is 13.2 Å². The van der Waals surface area contributed by atoms with Crippen molar-refractivity contribution in [1.29, 1.82) is 0 Å². The zero-order chi connectivity index (χ0) is 17.1. The molecule has 3 N–H and O–H groups in total. The largest absolute Gasteiger partial charge is 0.465 e. The van der Waals surface area contributed by atoms with Gasteiger partial charge in [0.1, 0.15) is 19.2 Å². The third kappa shape index (κ3) is 7.96. The molecule has 1 atom stereocenters. The molecule has 7 heteroatoms. The first-order valence-corrected chi connectivity index (χ1v) is 7.41. The summed E-state index contributed by atoms with van der Waals surface area (Å²) in [5, 5.41) is 2.40. The van der Waals surface area contributed by atoms with Crippen molar-refractivity contribution >= 4 is 17.8 Å². The second kappa shape index (κ2) is 10.3. The van der Waals surface area contributed by atoms with E-state index < -0.39 is 18.0 Å². The SMILES string of the molecule is CCOC(=O)CNC(=O)CC[C@@H](N)C(=O)OCc1ccccc1. The van der Waals surface area contributed by atoms with E-state index in [0.717, 1.165) is 5.56 Å². The van der Waals surface area contributed by atoms with Gasteiger partial charge in [0.2, 0.25) is 5.91 Å². The maximum absolute atomic E-state index is 11.7. The van der Waals surface area contributed by atoms with Crippen molar-refractivity contribution in [1.82, 2.24) is 5.32 Å². The molecule has 0 aliphatic rings. The van der Waals surface area contributed by atoms with E-state index in [1.807, 2.05) is 30.3 Å². The lowest BCUT2D eigenvalue weighted by Crippen LogP contribution is -2.35. The second-order valence-electron chi connectivity index (χ2n) is 4.82. The summed E-state index contributed by atoms with van der Waals surface area (Å²) in [5.74, 6) is -1.44. The molecule has 0 saturated carbocycles. The van der Waals surface area contributed by atoms with Crippen molar-refractivity contribution < 1.29 is 23.9 Å². The number of benzene rings is 1. The molecule has 0 radical (unpaired) electrons. The maximum Gasteiger partial charge on any atom is 0.325 e. The number of rotatable bonds is 9. The van der Waals surface area contributed by atoms with Gasteiger partial charge in [-0.1, -0.05) is 30.3 Å². The van der Waals surface area contributed by atoms with Gasteiger partial charge < -0.3 is 20.5 Å². The minimum atomic E-state index is -0.882. The maximum atomic E-state index is 11.7. The van der Waals surface area contributed by atoms with Crippen LogP contribution in [0.3, 0.4) is 0 Å². The van der Waals surface area contributed by atoms with E-state index in [2.05, 4.69) is 10.1 Å². The highest BCUT2D eigenvalue weighted by Gasteiger charge is 2.17. The Morgan fingerprint density at radius 1 is 1.17 bits per heavy atom. The highest BCUT2D eigenvalue weighted by Crippen LogP contribution is 2.03. The Kier molecular flexibility index (Phi) is 8.38. The predicted molar refractivity (Wildman–Crippen MR) is 83.1 cm³/mol. The Balaban J connectivity index is 2.21. The molecule has 7 nitrogen and oxygen atoms in total. The van der Waals surface area contributed by atoms with Crippen molar-refractivity contribution in [3.8, 4) is 0 Å². The van der Waals surface area contributed by atoms with Crippen molar-refractivity contribution in [2.24, 2.45) is 5.73 Å². The fourth-order valence-electron chi connectivity index (χ4n) is 1.71. The van der Waals surface area contributed by atoms with Crippen LogP contribution >= 0.6 is 0 Å². The number of hydrogen-bond acceptors (Lipinski definition) is 6. The molecule has 1 amide bonds. The summed E-state index contributed by atoms with van der Waals surface area (Å²) in [6.45, 7) is 1.88. The Bertz CT molecular complexity index is 518. The molecule has 0 unspecified atom stereocenters. The van der Waals surface area contributed by atoms with Crippen LogP contribution in [0.15, 0.2) is 30.3 Å². The van der Waals surface area contributed by atoms with Crippen LogP contribution in [-0.4, -0.2) is 37.0 Å².